The van der Waals surface area contributed by atoms with E-state index in [1.807, 2.05) is 0 Å². The smallest absolute Gasteiger partial charge is 0.0431 e. The summed E-state index contributed by atoms with van der Waals surface area (Å²) < 4.78 is 0. The maximum atomic E-state index is 8.79. The summed E-state index contributed by atoms with van der Waals surface area (Å²) in [6, 6.07) is 0.688. The van der Waals surface area contributed by atoms with Gasteiger partial charge >= 0.3 is 0 Å². The van der Waals surface area contributed by atoms with Crippen molar-refractivity contribution in [1.29, 1.82) is 0 Å². The molecule has 1 saturated carbocycles. The molecule has 3 nitrogen and oxygen atoms in total. The number of rotatable bonds is 8. The Hall–Kier alpha value is -0.120. The van der Waals surface area contributed by atoms with Crippen LogP contribution in [-0.4, -0.2) is 49.8 Å². The fourth-order valence-electron chi connectivity index (χ4n) is 3.47. The maximum absolute atomic E-state index is 8.79. The fraction of sp³-hybridized carbons (Fsp3) is 1.00. The van der Waals surface area contributed by atoms with Gasteiger partial charge < -0.3 is 15.3 Å². The van der Waals surface area contributed by atoms with E-state index >= 15 is 0 Å². The molecule has 2 atom stereocenters. The van der Waals surface area contributed by atoms with Gasteiger partial charge in [0.15, 0.2) is 0 Å². The lowest BCUT2D eigenvalue weighted by Gasteiger charge is -2.42. The average Bonchev–Trinajstić information content (AvgIpc) is 2.34. The van der Waals surface area contributed by atoms with Gasteiger partial charge in [-0.1, -0.05) is 13.8 Å². The molecule has 3 heteroatoms. The summed E-state index contributed by atoms with van der Waals surface area (Å²) in [5, 5.41) is 12.3. The molecule has 0 bridgehead atoms. The van der Waals surface area contributed by atoms with Crippen LogP contribution in [0.4, 0.5) is 0 Å². The molecule has 1 fully saturated rings. The van der Waals surface area contributed by atoms with Gasteiger partial charge in [0.25, 0.3) is 0 Å². The number of aliphatic hydroxyl groups excluding tert-OH is 1. The largest absolute Gasteiger partial charge is 0.396 e. The molecule has 1 rings (SSSR count). The van der Waals surface area contributed by atoms with E-state index in [1.54, 1.807) is 0 Å². The van der Waals surface area contributed by atoms with E-state index < -0.39 is 0 Å². The second-order valence-corrected chi connectivity index (χ2v) is 7.11. The van der Waals surface area contributed by atoms with E-state index in [0.717, 1.165) is 25.3 Å². The van der Waals surface area contributed by atoms with Crippen LogP contribution < -0.4 is 5.32 Å². The molecule has 114 valence electrons. The summed E-state index contributed by atoms with van der Waals surface area (Å²) in [5.41, 5.74) is 0.510. The van der Waals surface area contributed by atoms with E-state index in [0.29, 0.717) is 18.1 Å². The SMILES string of the molecule is CNC1CCC(C)(C)CC1CN(C)CCCCCO. The van der Waals surface area contributed by atoms with Crippen LogP contribution in [0.3, 0.4) is 0 Å². The first-order valence-electron chi connectivity index (χ1n) is 7.95. The molecule has 0 aliphatic heterocycles. The summed E-state index contributed by atoms with van der Waals surface area (Å²) in [6.07, 6.45) is 7.29. The summed E-state index contributed by atoms with van der Waals surface area (Å²) in [7, 11) is 4.35. The van der Waals surface area contributed by atoms with Gasteiger partial charge in [0, 0.05) is 19.2 Å². The van der Waals surface area contributed by atoms with E-state index in [-0.39, 0.29) is 0 Å². The molecular formula is C16H34N2O. The van der Waals surface area contributed by atoms with Crippen molar-refractivity contribution in [2.75, 3.05) is 33.8 Å². The third-order valence-corrected chi connectivity index (χ3v) is 4.63. The minimum atomic E-state index is 0.336. The molecule has 1 aliphatic carbocycles. The molecule has 0 amide bonds. The highest BCUT2D eigenvalue weighted by Gasteiger charge is 2.34. The first kappa shape index (κ1) is 16.9. The van der Waals surface area contributed by atoms with Gasteiger partial charge in [0.1, 0.15) is 0 Å². The van der Waals surface area contributed by atoms with Crippen LogP contribution in [0, 0.1) is 11.3 Å². The Bertz CT molecular complexity index is 243. The lowest BCUT2D eigenvalue weighted by molar-refractivity contribution is 0.111. The molecule has 19 heavy (non-hydrogen) atoms. The predicted molar refractivity (Wildman–Crippen MR) is 82.4 cm³/mol. The normalized spacial score (nSPS) is 26.8. The molecule has 2 N–H and O–H groups in total. The van der Waals surface area contributed by atoms with Crippen LogP contribution in [-0.2, 0) is 0 Å². The molecule has 0 spiro atoms. The van der Waals surface area contributed by atoms with Gasteiger partial charge in [-0.25, -0.2) is 0 Å². The summed E-state index contributed by atoms with van der Waals surface area (Å²) in [4.78, 5) is 2.48. The van der Waals surface area contributed by atoms with E-state index in [1.165, 1.54) is 32.2 Å². The van der Waals surface area contributed by atoms with Crippen molar-refractivity contribution in [1.82, 2.24) is 10.2 Å². The standard InChI is InChI=1S/C16H34N2O/c1-16(2)9-8-15(17-3)14(12-16)13-18(4)10-6-5-7-11-19/h14-15,17,19H,5-13H2,1-4H3. The first-order valence-corrected chi connectivity index (χ1v) is 7.95. The van der Waals surface area contributed by atoms with E-state index in [4.69, 9.17) is 5.11 Å². The fourth-order valence-corrected chi connectivity index (χ4v) is 3.47. The third-order valence-electron chi connectivity index (χ3n) is 4.63. The van der Waals surface area contributed by atoms with E-state index in [2.05, 4.69) is 38.2 Å². The number of nitrogens with zero attached hydrogens (tertiary/aromatic N) is 1. The molecule has 2 unspecified atom stereocenters. The van der Waals surface area contributed by atoms with Crippen molar-refractivity contribution in [3.8, 4) is 0 Å². The Morgan fingerprint density at radius 2 is 2.00 bits per heavy atom. The summed E-state index contributed by atoms with van der Waals surface area (Å²) in [5.74, 6) is 0.775. The summed E-state index contributed by atoms with van der Waals surface area (Å²) >= 11 is 0. The highest BCUT2D eigenvalue weighted by Crippen LogP contribution is 2.38. The van der Waals surface area contributed by atoms with Crippen LogP contribution in [0.15, 0.2) is 0 Å². The Kier molecular flexibility index (Phi) is 7.33. The van der Waals surface area contributed by atoms with Crippen molar-refractivity contribution in [2.24, 2.45) is 11.3 Å². The number of aliphatic hydroxyl groups is 1. The zero-order valence-electron chi connectivity index (χ0n) is 13.4. The molecule has 0 aromatic rings. The van der Waals surface area contributed by atoms with Gasteiger partial charge in [-0.2, -0.15) is 0 Å². The van der Waals surface area contributed by atoms with Gasteiger partial charge in [-0.3, -0.25) is 0 Å². The second-order valence-electron chi connectivity index (χ2n) is 7.11. The van der Waals surface area contributed by atoms with Crippen LogP contribution in [0.2, 0.25) is 0 Å². The monoisotopic (exact) mass is 270 g/mol. The number of nitrogens with one attached hydrogen (secondary N) is 1. The van der Waals surface area contributed by atoms with Gasteiger partial charge in [0.2, 0.25) is 0 Å². The zero-order valence-corrected chi connectivity index (χ0v) is 13.4. The van der Waals surface area contributed by atoms with Crippen molar-refractivity contribution < 1.29 is 5.11 Å². The van der Waals surface area contributed by atoms with Crippen LogP contribution in [0.1, 0.15) is 52.4 Å². The number of hydrogen-bond donors (Lipinski definition) is 2. The maximum Gasteiger partial charge on any atom is 0.0431 e. The lowest BCUT2D eigenvalue weighted by atomic mass is 9.69. The third kappa shape index (κ3) is 6.24. The second kappa shape index (κ2) is 8.23. The van der Waals surface area contributed by atoms with Gasteiger partial charge in [0.05, 0.1) is 0 Å². The molecule has 0 radical (unpaired) electrons. The van der Waals surface area contributed by atoms with E-state index in [9.17, 15) is 0 Å². The molecule has 1 aliphatic rings. The Balaban J connectivity index is 2.34. The van der Waals surface area contributed by atoms with Crippen LogP contribution in [0.5, 0.6) is 0 Å². The molecule has 0 saturated heterocycles. The number of unbranched alkanes of at least 4 members (excludes halogenated alkanes) is 2. The quantitative estimate of drug-likeness (QED) is 0.665. The van der Waals surface area contributed by atoms with Crippen molar-refractivity contribution in [3.63, 3.8) is 0 Å². The Morgan fingerprint density at radius 1 is 1.26 bits per heavy atom. The van der Waals surface area contributed by atoms with Crippen LogP contribution in [0.25, 0.3) is 0 Å². The molecule has 0 aromatic heterocycles. The minimum absolute atomic E-state index is 0.336. The summed E-state index contributed by atoms with van der Waals surface area (Å²) in [6.45, 7) is 7.52. The molecule has 0 aromatic carbocycles. The molecule has 0 heterocycles. The minimum Gasteiger partial charge on any atom is -0.396 e. The van der Waals surface area contributed by atoms with Crippen molar-refractivity contribution >= 4 is 0 Å². The Labute approximate surface area is 119 Å². The van der Waals surface area contributed by atoms with Gasteiger partial charge in [-0.05, 0) is 70.5 Å². The lowest BCUT2D eigenvalue weighted by Crippen LogP contribution is -2.45. The highest BCUT2D eigenvalue weighted by molar-refractivity contribution is 4.89. The highest BCUT2D eigenvalue weighted by atomic mass is 16.2. The topological polar surface area (TPSA) is 35.5 Å². The predicted octanol–water partition coefficient (Wildman–Crippen LogP) is 2.50. The van der Waals surface area contributed by atoms with Crippen molar-refractivity contribution in [3.05, 3.63) is 0 Å². The molecular weight excluding hydrogens is 236 g/mol. The Morgan fingerprint density at radius 3 is 2.63 bits per heavy atom. The average molecular weight is 270 g/mol. The first-order chi connectivity index (χ1) is 8.98. The van der Waals surface area contributed by atoms with Gasteiger partial charge in [-0.15, -0.1) is 0 Å². The van der Waals surface area contributed by atoms with Crippen molar-refractivity contribution in [2.45, 2.75) is 58.4 Å². The zero-order chi connectivity index (χ0) is 14.3. The van der Waals surface area contributed by atoms with Crippen LogP contribution >= 0.6 is 0 Å². The number of hydrogen-bond acceptors (Lipinski definition) is 3.